The molecule has 0 saturated heterocycles. The second-order valence-corrected chi connectivity index (χ2v) is 5.97. The van der Waals surface area contributed by atoms with Crippen LogP contribution >= 0.6 is 0 Å². The van der Waals surface area contributed by atoms with Gasteiger partial charge in [-0.15, -0.1) is 0 Å². The number of ether oxygens (including phenoxy) is 1. The number of hydrogen-bond acceptors (Lipinski definition) is 2. The Labute approximate surface area is 121 Å². The zero-order chi connectivity index (χ0) is 14.5. The fourth-order valence-corrected chi connectivity index (χ4v) is 2.73. The van der Waals surface area contributed by atoms with Gasteiger partial charge in [-0.2, -0.15) is 0 Å². The van der Waals surface area contributed by atoms with Crippen molar-refractivity contribution in [2.75, 3.05) is 6.61 Å². The van der Waals surface area contributed by atoms with E-state index in [2.05, 4.69) is 19.2 Å². The number of benzene rings is 1. The zero-order valence-electron chi connectivity index (χ0n) is 12.7. The van der Waals surface area contributed by atoms with Gasteiger partial charge in [0.25, 0.3) is 5.91 Å². The standard InChI is InChI=1S/C17H25NO2/c1-12-8-9-15(10-14(12)3)20-11-17(19)18-16-7-5-4-6-13(16)2/h8-10,13,16H,4-7,11H2,1-3H3,(H,18,19). The summed E-state index contributed by atoms with van der Waals surface area (Å²) in [4.78, 5) is 11.9. The summed E-state index contributed by atoms with van der Waals surface area (Å²) in [5.41, 5.74) is 2.42. The number of carbonyl (C=O) groups is 1. The second kappa shape index (κ2) is 6.78. The lowest BCUT2D eigenvalue weighted by Crippen LogP contribution is -2.43. The molecule has 2 atom stereocenters. The first-order valence-corrected chi connectivity index (χ1v) is 7.55. The lowest BCUT2D eigenvalue weighted by molar-refractivity contribution is -0.124. The van der Waals surface area contributed by atoms with Crippen LogP contribution in [-0.4, -0.2) is 18.6 Å². The smallest absolute Gasteiger partial charge is 0.258 e. The predicted molar refractivity (Wildman–Crippen MR) is 81.0 cm³/mol. The van der Waals surface area contributed by atoms with Crippen LogP contribution in [0, 0.1) is 19.8 Å². The number of carbonyl (C=O) groups excluding carboxylic acids is 1. The van der Waals surface area contributed by atoms with E-state index in [1.54, 1.807) is 0 Å². The molecule has 110 valence electrons. The number of nitrogens with one attached hydrogen (secondary N) is 1. The van der Waals surface area contributed by atoms with Crippen LogP contribution in [0.25, 0.3) is 0 Å². The molecule has 1 aromatic carbocycles. The van der Waals surface area contributed by atoms with E-state index in [4.69, 9.17) is 4.74 Å². The van der Waals surface area contributed by atoms with E-state index in [9.17, 15) is 4.79 Å². The van der Waals surface area contributed by atoms with Crippen LogP contribution in [0.3, 0.4) is 0 Å². The molecule has 1 amide bonds. The normalized spacial score (nSPS) is 22.4. The molecule has 1 fully saturated rings. The molecule has 0 aliphatic heterocycles. The van der Waals surface area contributed by atoms with Gasteiger partial charge in [-0.25, -0.2) is 0 Å². The zero-order valence-corrected chi connectivity index (χ0v) is 12.7. The van der Waals surface area contributed by atoms with Gasteiger partial charge in [0.2, 0.25) is 0 Å². The molecular formula is C17H25NO2. The molecule has 20 heavy (non-hydrogen) atoms. The molecule has 3 heteroatoms. The average molecular weight is 275 g/mol. The lowest BCUT2D eigenvalue weighted by atomic mass is 9.86. The SMILES string of the molecule is Cc1ccc(OCC(=O)NC2CCCCC2C)cc1C. The molecule has 1 saturated carbocycles. The predicted octanol–water partition coefficient (Wildman–Crippen LogP) is 3.38. The number of rotatable bonds is 4. The third-order valence-corrected chi connectivity index (χ3v) is 4.31. The molecule has 0 aromatic heterocycles. The molecule has 1 N–H and O–H groups in total. The highest BCUT2D eigenvalue weighted by Crippen LogP contribution is 2.23. The van der Waals surface area contributed by atoms with Crippen molar-refractivity contribution in [2.45, 2.75) is 52.5 Å². The van der Waals surface area contributed by atoms with Crippen molar-refractivity contribution >= 4 is 5.91 Å². The van der Waals surface area contributed by atoms with Crippen molar-refractivity contribution in [3.8, 4) is 5.75 Å². The van der Waals surface area contributed by atoms with Gasteiger partial charge < -0.3 is 10.1 Å². The monoisotopic (exact) mass is 275 g/mol. The molecule has 1 aromatic rings. The molecule has 1 aliphatic rings. The third kappa shape index (κ3) is 3.99. The van der Waals surface area contributed by atoms with E-state index in [0.29, 0.717) is 12.0 Å². The van der Waals surface area contributed by atoms with Crippen molar-refractivity contribution in [2.24, 2.45) is 5.92 Å². The van der Waals surface area contributed by atoms with Gasteiger partial charge in [0.05, 0.1) is 0 Å². The summed E-state index contributed by atoms with van der Waals surface area (Å²) >= 11 is 0. The number of amides is 1. The lowest BCUT2D eigenvalue weighted by Gasteiger charge is -2.29. The highest BCUT2D eigenvalue weighted by molar-refractivity contribution is 5.77. The number of aryl methyl sites for hydroxylation is 2. The van der Waals surface area contributed by atoms with Crippen LogP contribution in [-0.2, 0) is 4.79 Å². The number of hydrogen-bond donors (Lipinski definition) is 1. The van der Waals surface area contributed by atoms with E-state index in [1.807, 2.05) is 25.1 Å². The Morgan fingerprint density at radius 2 is 2.00 bits per heavy atom. The fourth-order valence-electron chi connectivity index (χ4n) is 2.73. The van der Waals surface area contributed by atoms with Crippen LogP contribution in [0.2, 0.25) is 0 Å². The summed E-state index contributed by atoms with van der Waals surface area (Å²) in [6, 6.07) is 6.23. The quantitative estimate of drug-likeness (QED) is 0.915. The Morgan fingerprint density at radius 1 is 1.25 bits per heavy atom. The molecule has 2 unspecified atom stereocenters. The Morgan fingerprint density at radius 3 is 2.70 bits per heavy atom. The van der Waals surface area contributed by atoms with Crippen LogP contribution < -0.4 is 10.1 Å². The Balaban J connectivity index is 1.81. The summed E-state index contributed by atoms with van der Waals surface area (Å²) in [6.45, 7) is 6.43. The van der Waals surface area contributed by atoms with Crippen molar-refractivity contribution in [3.05, 3.63) is 29.3 Å². The Bertz CT molecular complexity index is 470. The molecule has 0 radical (unpaired) electrons. The third-order valence-electron chi connectivity index (χ3n) is 4.31. The van der Waals surface area contributed by atoms with E-state index in [0.717, 1.165) is 12.2 Å². The van der Waals surface area contributed by atoms with E-state index in [-0.39, 0.29) is 12.5 Å². The van der Waals surface area contributed by atoms with E-state index in [1.165, 1.54) is 30.4 Å². The first kappa shape index (κ1) is 14.9. The van der Waals surface area contributed by atoms with Gasteiger partial charge in [0.1, 0.15) is 5.75 Å². The van der Waals surface area contributed by atoms with Crippen molar-refractivity contribution in [3.63, 3.8) is 0 Å². The molecule has 0 heterocycles. The average Bonchev–Trinajstić information content (AvgIpc) is 2.43. The minimum Gasteiger partial charge on any atom is -0.484 e. The van der Waals surface area contributed by atoms with Crippen LogP contribution in [0.5, 0.6) is 5.75 Å². The first-order valence-electron chi connectivity index (χ1n) is 7.55. The maximum absolute atomic E-state index is 11.9. The van der Waals surface area contributed by atoms with Gasteiger partial charge in [0.15, 0.2) is 6.61 Å². The van der Waals surface area contributed by atoms with Gasteiger partial charge in [-0.1, -0.05) is 25.8 Å². The van der Waals surface area contributed by atoms with Crippen molar-refractivity contribution < 1.29 is 9.53 Å². The summed E-state index contributed by atoms with van der Waals surface area (Å²) in [6.07, 6.45) is 4.81. The maximum atomic E-state index is 11.9. The Kier molecular flexibility index (Phi) is 5.05. The van der Waals surface area contributed by atoms with Gasteiger partial charge in [0, 0.05) is 6.04 Å². The minimum atomic E-state index is -0.0121. The Hall–Kier alpha value is -1.51. The van der Waals surface area contributed by atoms with Gasteiger partial charge >= 0.3 is 0 Å². The summed E-state index contributed by atoms with van der Waals surface area (Å²) < 4.78 is 5.57. The fraction of sp³-hybridized carbons (Fsp3) is 0.588. The molecule has 0 bridgehead atoms. The van der Waals surface area contributed by atoms with Crippen LogP contribution in [0.4, 0.5) is 0 Å². The van der Waals surface area contributed by atoms with E-state index >= 15 is 0 Å². The van der Waals surface area contributed by atoms with Crippen LogP contribution in [0.1, 0.15) is 43.7 Å². The summed E-state index contributed by atoms with van der Waals surface area (Å²) in [5, 5.41) is 3.10. The molecule has 0 spiro atoms. The van der Waals surface area contributed by atoms with Crippen molar-refractivity contribution in [1.82, 2.24) is 5.32 Å². The largest absolute Gasteiger partial charge is 0.484 e. The van der Waals surface area contributed by atoms with Crippen LogP contribution in [0.15, 0.2) is 18.2 Å². The molecule has 2 rings (SSSR count). The van der Waals surface area contributed by atoms with Crippen molar-refractivity contribution in [1.29, 1.82) is 0 Å². The minimum absolute atomic E-state index is 0.0121. The maximum Gasteiger partial charge on any atom is 0.258 e. The van der Waals surface area contributed by atoms with Gasteiger partial charge in [-0.3, -0.25) is 4.79 Å². The summed E-state index contributed by atoms with van der Waals surface area (Å²) in [7, 11) is 0. The second-order valence-electron chi connectivity index (χ2n) is 5.97. The highest BCUT2D eigenvalue weighted by atomic mass is 16.5. The molecular weight excluding hydrogens is 250 g/mol. The van der Waals surface area contributed by atoms with E-state index < -0.39 is 0 Å². The topological polar surface area (TPSA) is 38.3 Å². The van der Waals surface area contributed by atoms with Gasteiger partial charge in [-0.05, 0) is 55.9 Å². The molecule has 1 aliphatic carbocycles. The first-order chi connectivity index (χ1) is 9.56. The highest BCUT2D eigenvalue weighted by Gasteiger charge is 2.22. The summed E-state index contributed by atoms with van der Waals surface area (Å²) in [5.74, 6) is 1.33. The molecule has 3 nitrogen and oxygen atoms in total.